The normalized spacial score (nSPS) is 28.2. The van der Waals surface area contributed by atoms with Crippen LogP contribution in [-0.2, 0) is 9.53 Å². The summed E-state index contributed by atoms with van der Waals surface area (Å²) < 4.78 is 150. The van der Waals surface area contributed by atoms with Gasteiger partial charge in [-0.3, -0.25) is 4.79 Å². The Hall–Kier alpha value is -1.30. The van der Waals surface area contributed by atoms with Crippen molar-refractivity contribution in [3.63, 3.8) is 0 Å². The van der Waals surface area contributed by atoms with E-state index in [1.807, 2.05) is 0 Å². The lowest BCUT2D eigenvalue weighted by Crippen LogP contribution is -2.84. The van der Waals surface area contributed by atoms with Gasteiger partial charge < -0.3 is 4.74 Å². The fourth-order valence-corrected chi connectivity index (χ4v) is 1.85. The van der Waals surface area contributed by atoms with Gasteiger partial charge in [0, 0.05) is 0 Å². The van der Waals surface area contributed by atoms with Crippen molar-refractivity contribution < 1.29 is 57.8 Å². The third-order valence-electron chi connectivity index (χ3n) is 3.59. The Morgan fingerprint density at radius 2 is 0.960 bits per heavy atom. The van der Waals surface area contributed by atoms with Crippen molar-refractivity contribution in [2.45, 2.75) is 56.1 Å². The van der Waals surface area contributed by atoms with Crippen LogP contribution in [0.4, 0.5) is 48.3 Å². The summed E-state index contributed by atoms with van der Waals surface area (Å²) in [6.07, 6.45) is 0. The minimum absolute atomic E-state index is 1.01. The second-order valence-electron chi connectivity index (χ2n) is 6.50. The molecule has 1 aliphatic carbocycles. The number of carbonyl (C=O) groups is 1. The van der Waals surface area contributed by atoms with Crippen LogP contribution >= 0.6 is 0 Å². The molecule has 2 nitrogen and oxygen atoms in total. The van der Waals surface area contributed by atoms with Crippen LogP contribution in [-0.4, -0.2) is 47.9 Å². The van der Waals surface area contributed by atoms with Crippen LogP contribution in [0.15, 0.2) is 0 Å². The molecule has 1 rings (SSSR count). The van der Waals surface area contributed by atoms with E-state index in [1.165, 1.54) is 0 Å². The summed E-state index contributed by atoms with van der Waals surface area (Å²) in [7, 11) is 0. The summed E-state index contributed by atoms with van der Waals surface area (Å²) in [5, 5.41) is 0. The Kier molecular flexibility index (Phi) is 4.45. The van der Waals surface area contributed by atoms with Gasteiger partial charge in [-0.2, -0.15) is 43.9 Å². The average molecular weight is 396 g/mol. The largest absolute Gasteiger partial charge is 0.461 e. The molecule has 0 spiro atoms. The van der Waals surface area contributed by atoms with E-state index in [4.69, 9.17) is 0 Å². The first-order valence-corrected chi connectivity index (χ1v) is 6.38. The molecule has 1 aliphatic rings. The van der Waals surface area contributed by atoms with Crippen molar-refractivity contribution in [2.24, 2.45) is 5.41 Å². The predicted octanol–water partition coefficient (Wildman–Crippen LogP) is 4.47. The molecule has 0 unspecified atom stereocenters. The third-order valence-corrected chi connectivity index (χ3v) is 3.59. The van der Waals surface area contributed by atoms with Gasteiger partial charge in [-0.15, -0.1) is 0 Å². The van der Waals surface area contributed by atoms with E-state index in [9.17, 15) is 53.1 Å². The van der Waals surface area contributed by atoms with Crippen LogP contribution in [0.5, 0.6) is 0 Å². The zero-order valence-electron chi connectivity index (χ0n) is 12.7. The summed E-state index contributed by atoms with van der Waals surface area (Å²) >= 11 is 0. The monoisotopic (exact) mass is 396 g/mol. The Balaban J connectivity index is 3.53. The van der Waals surface area contributed by atoms with Crippen molar-refractivity contribution in [1.82, 2.24) is 0 Å². The maximum Gasteiger partial charge on any atom is 0.384 e. The molecule has 0 saturated heterocycles. The molecule has 1 saturated carbocycles. The smallest absolute Gasteiger partial charge is 0.384 e. The maximum atomic E-state index is 14.1. The van der Waals surface area contributed by atoms with E-state index in [1.54, 1.807) is 0 Å². The lowest BCUT2D eigenvalue weighted by molar-refractivity contribution is -0.487. The summed E-state index contributed by atoms with van der Waals surface area (Å²) in [5.41, 5.74) is -7.94. The summed E-state index contributed by atoms with van der Waals surface area (Å²) in [4.78, 5) is 11.3. The van der Waals surface area contributed by atoms with Gasteiger partial charge in [-0.25, -0.2) is 4.39 Å². The second kappa shape index (κ2) is 5.12. The topological polar surface area (TPSA) is 26.3 Å². The zero-order valence-corrected chi connectivity index (χ0v) is 12.7. The molecule has 13 heteroatoms. The molecular weight excluding hydrogens is 385 g/mol. The van der Waals surface area contributed by atoms with Crippen molar-refractivity contribution >= 4 is 5.97 Å². The fourth-order valence-electron chi connectivity index (χ4n) is 1.85. The number of alkyl halides is 11. The van der Waals surface area contributed by atoms with E-state index >= 15 is 0 Å². The Labute approximate surface area is 133 Å². The van der Waals surface area contributed by atoms with Crippen molar-refractivity contribution in [1.29, 1.82) is 0 Å². The van der Waals surface area contributed by atoms with Crippen molar-refractivity contribution in [3.8, 4) is 0 Å². The second-order valence-corrected chi connectivity index (χ2v) is 6.50. The highest BCUT2D eigenvalue weighted by molar-refractivity contribution is 5.75. The van der Waals surface area contributed by atoms with Gasteiger partial charge in [-0.05, 0) is 20.8 Å². The Bertz CT molecular complexity index is 532. The molecular formula is C12H11F11O2. The van der Waals surface area contributed by atoms with Gasteiger partial charge in [0.2, 0.25) is 0 Å². The molecule has 148 valence electrons. The summed E-state index contributed by atoms with van der Waals surface area (Å²) in [5.74, 6) is -37.4. The molecule has 1 fully saturated rings. The van der Waals surface area contributed by atoms with Crippen LogP contribution < -0.4 is 0 Å². The molecule has 0 aromatic carbocycles. The van der Waals surface area contributed by atoms with Crippen LogP contribution in [0.1, 0.15) is 20.8 Å². The maximum absolute atomic E-state index is 14.1. The fraction of sp³-hybridized carbons (Fsp3) is 0.917. The average Bonchev–Trinajstić information content (AvgIpc) is 2.40. The van der Waals surface area contributed by atoms with Crippen LogP contribution in [0, 0.1) is 5.41 Å². The van der Waals surface area contributed by atoms with E-state index in [0.717, 1.165) is 20.8 Å². The number of hydrogen-bond acceptors (Lipinski definition) is 2. The minimum atomic E-state index is -7.28. The Morgan fingerprint density at radius 1 is 0.680 bits per heavy atom. The van der Waals surface area contributed by atoms with Gasteiger partial charge in [0.25, 0.3) is 5.67 Å². The first kappa shape index (κ1) is 21.7. The number of esters is 1. The SMILES string of the molecule is CC(C)(C)C(=O)OCC1(F)C(F)(F)C(F)(F)C(F)(F)C(F)(F)C1(F)F. The van der Waals surface area contributed by atoms with Crippen LogP contribution in [0.3, 0.4) is 0 Å². The summed E-state index contributed by atoms with van der Waals surface area (Å²) in [6.45, 7) is 0.0304. The third kappa shape index (κ3) is 2.32. The van der Waals surface area contributed by atoms with E-state index in [-0.39, 0.29) is 0 Å². The molecule has 0 heterocycles. The highest BCUT2D eigenvalue weighted by atomic mass is 19.4. The van der Waals surface area contributed by atoms with Gasteiger partial charge in [0.05, 0.1) is 5.41 Å². The molecule has 0 atom stereocenters. The number of carbonyl (C=O) groups excluding carboxylic acids is 1. The summed E-state index contributed by atoms with van der Waals surface area (Å²) in [6, 6.07) is 0. The highest BCUT2D eigenvalue weighted by Gasteiger charge is 3.01. The van der Waals surface area contributed by atoms with Crippen LogP contribution in [0.25, 0.3) is 0 Å². The molecule has 0 aromatic rings. The van der Waals surface area contributed by atoms with Gasteiger partial charge in [0.15, 0.2) is 0 Å². The number of rotatable bonds is 2. The highest BCUT2D eigenvalue weighted by Crippen LogP contribution is 2.69. The lowest BCUT2D eigenvalue weighted by atomic mass is 9.72. The van der Waals surface area contributed by atoms with Crippen molar-refractivity contribution in [2.75, 3.05) is 6.61 Å². The van der Waals surface area contributed by atoms with E-state index < -0.39 is 53.3 Å². The molecule has 25 heavy (non-hydrogen) atoms. The van der Waals surface area contributed by atoms with Crippen molar-refractivity contribution in [3.05, 3.63) is 0 Å². The van der Waals surface area contributed by atoms with E-state index in [0.29, 0.717) is 0 Å². The number of ether oxygens (including phenoxy) is 1. The predicted molar refractivity (Wildman–Crippen MR) is 59.0 cm³/mol. The zero-order chi connectivity index (χ0) is 20.5. The molecule has 0 aromatic heterocycles. The quantitative estimate of drug-likeness (QED) is 0.509. The van der Waals surface area contributed by atoms with E-state index in [2.05, 4.69) is 4.74 Å². The lowest BCUT2D eigenvalue weighted by Gasteiger charge is -2.52. The minimum Gasteiger partial charge on any atom is -0.461 e. The Morgan fingerprint density at radius 3 is 1.24 bits per heavy atom. The molecule has 0 aliphatic heterocycles. The molecule has 0 N–H and O–H groups in total. The van der Waals surface area contributed by atoms with Crippen LogP contribution in [0.2, 0.25) is 0 Å². The molecule has 0 bridgehead atoms. The number of hydrogen-bond donors (Lipinski definition) is 0. The van der Waals surface area contributed by atoms with Gasteiger partial charge >= 0.3 is 35.6 Å². The molecule has 0 amide bonds. The van der Waals surface area contributed by atoms with Gasteiger partial charge in [-0.1, -0.05) is 0 Å². The van der Waals surface area contributed by atoms with Gasteiger partial charge in [0.1, 0.15) is 6.61 Å². The first-order chi connectivity index (χ1) is 10.6. The standard InChI is InChI=1S/C12H11F11O2/c1-6(2,3)5(24)25-4-7(13)8(14,15)10(18,19)12(22,23)11(20,21)9(7,16)17/h4H2,1-3H3. The first-order valence-electron chi connectivity index (χ1n) is 6.38. The molecule has 0 radical (unpaired) electrons. The number of halogens is 11.